The minimum absolute atomic E-state index is 0.204. The number of aliphatic hydroxyl groups is 1. The third-order valence-corrected chi connectivity index (χ3v) is 5.77. The number of phenolic OH excluding ortho intramolecular Hbond substituents is 1. The van der Waals surface area contributed by atoms with E-state index in [9.17, 15) is 10.2 Å². The van der Waals surface area contributed by atoms with E-state index in [1.807, 2.05) is 6.07 Å². The molecule has 2 N–H and O–H groups in total. The van der Waals surface area contributed by atoms with E-state index in [0.717, 1.165) is 33.8 Å². The van der Waals surface area contributed by atoms with Crippen LogP contribution in [0.25, 0.3) is 10.2 Å². The van der Waals surface area contributed by atoms with Crippen molar-refractivity contribution >= 4 is 33.3 Å². The highest BCUT2D eigenvalue weighted by Gasteiger charge is 2.25. The number of aromatic hydroxyl groups is 1. The van der Waals surface area contributed by atoms with E-state index in [1.165, 1.54) is 6.42 Å². The van der Waals surface area contributed by atoms with Crippen molar-refractivity contribution in [2.45, 2.75) is 41.4 Å². The fourth-order valence-electron chi connectivity index (χ4n) is 2.29. The van der Waals surface area contributed by atoms with Crippen molar-refractivity contribution in [3.05, 3.63) is 18.2 Å². The molecular weight excluding hydrogens is 266 g/mol. The maximum absolute atomic E-state index is 9.97. The van der Waals surface area contributed by atoms with E-state index >= 15 is 0 Å². The number of nitrogens with zero attached hydrogens (tertiary/aromatic N) is 1. The molecule has 1 saturated carbocycles. The minimum atomic E-state index is -0.204. The number of thioether (sulfide) groups is 1. The van der Waals surface area contributed by atoms with Crippen LogP contribution in [0.4, 0.5) is 0 Å². The highest BCUT2D eigenvalue weighted by Crippen LogP contribution is 2.38. The molecule has 2 atom stereocenters. The van der Waals surface area contributed by atoms with Crippen molar-refractivity contribution in [1.82, 2.24) is 4.98 Å². The van der Waals surface area contributed by atoms with E-state index in [4.69, 9.17) is 0 Å². The smallest absolute Gasteiger partial charge is 0.151 e. The predicted octanol–water partition coefficient (Wildman–Crippen LogP) is 3.40. The Balaban J connectivity index is 1.81. The number of thiazole rings is 1. The van der Waals surface area contributed by atoms with Crippen LogP contribution in [0, 0.1) is 0 Å². The van der Waals surface area contributed by atoms with Crippen LogP contribution in [0.3, 0.4) is 0 Å². The second-order valence-electron chi connectivity index (χ2n) is 4.64. The van der Waals surface area contributed by atoms with Gasteiger partial charge in [-0.05, 0) is 31.0 Å². The molecule has 1 aliphatic rings. The van der Waals surface area contributed by atoms with Gasteiger partial charge in [0.15, 0.2) is 4.34 Å². The third kappa shape index (κ3) is 2.48. The molecule has 3 nitrogen and oxygen atoms in total. The molecule has 96 valence electrons. The fraction of sp³-hybridized carbons (Fsp3) is 0.462. The SMILES string of the molecule is Oc1ccc2nc(SC3CCCCC3O)sc2c1. The zero-order valence-corrected chi connectivity index (χ0v) is 11.5. The lowest BCUT2D eigenvalue weighted by atomic mass is 9.97. The average Bonchev–Trinajstić information content (AvgIpc) is 2.73. The second kappa shape index (κ2) is 5.07. The Kier molecular flexibility index (Phi) is 3.46. The predicted molar refractivity (Wildman–Crippen MR) is 75.4 cm³/mol. The van der Waals surface area contributed by atoms with Gasteiger partial charge >= 0.3 is 0 Å². The lowest BCUT2D eigenvalue weighted by molar-refractivity contribution is 0.137. The first-order valence-electron chi connectivity index (χ1n) is 6.16. The number of benzene rings is 1. The van der Waals surface area contributed by atoms with Crippen LogP contribution in [-0.4, -0.2) is 26.6 Å². The Labute approximate surface area is 114 Å². The van der Waals surface area contributed by atoms with Crippen LogP contribution >= 0.6 is 23.1 Å². The summed E-state index contributed by atoms with van der Waals surface area (Å²) < 4.78 is 1.99. The summed E-state index contributed by atoms with van der Waals surface area (Å²) in [6.45, 7) is 0. The van der Waals surface area contributed by atoms with Gasteiger partial charge in [-0.15, -0.1) is 11.3 Å². The van der Waals surface area contributed by atoms with Crippen LogP contribution in [0.15, 0.2) is 22.5 Å². The van der Waals surface area contributed by atoms with Crippen LogP contribution in [0.5, 0.6) is 5.75 Å². The Morgan fingerprint density at radius 1 is 1.28 bits per heavy atom. The van der Waals surface area contributed by atoms with E-state index in [2.05, 4.69) is 4.98 Å². The molecule has 5 heteroatoms. The molecule has 1 aromatic heterocycles. The maximum atomic E-state index is 9.97. The molecule has 1 aliphatic carbocycles. The summed E-state index contributed by atoms with van der Waals surface area (Å²) in [5.41, 5.74) is 0.922. The van der Waals surface area contributed by atoms with E-state index in [1.54, 1.807) is 35.2 Å². The minimum Gasteiger partial charge on any atom is -0.508 e. The van der Waals surface area contributed by atoms with Crippen molar-refractivity contribution < 1.29 is 10.2 Å². The third-order valence-electron chi connectivity index (χ3n) is 3.27. The van der Waals surface area contributed by atoms with Gasteiger partial charge in [-0.2, -0.15) is 0 Å². The van der Waals surface area contributed by atoms with Crippen molar-refractivity contribution in [1.29, 1.82) is 0 Å². The van der Waals surface area contributed by atoms with Crippen LogP contribution < -0.4 is 0 Å². The van der Waals surface area contributed by atoms with Gasteiger partial charge in [-0.25, -0.2) is 4.98 Å². The van der Waals surface area contributed by atoms with Crippen molar-refractivity contribution in [3.63, 3.8) is 0 Å². The Morgan fingerprint density at radius 3 is 2.94 bits per heavy atom. The molecule has 2 aromatic rings. The largest absolute Gasteiger partial charge is 0.508 e. The molecule has 3 rings (SSSR count). The van der Waals surface area contributed by atoms with Gasteiger partial charge in [0.05, 0.1) is 16.3 Å². The Morgan fingerprint density at radius 2 is 2.11 bits per heavy atom. The number of aromatic nitrogens is 1. The van der Waals surface area contributed by atoms with E-state index in [0.29, 0.717) is 0 Å². The molecule has 0 bridgehead atoms. The van der Waals surface area contributed by atoms with Gasteiger partial charge in [0.25, 0.3) is 0 Å². The Bertz CT molecular complexity index is 555. The first-order valence-corrected chi connectivity index (χ1v) is 7.86. The van der Waals surface area contributed by atoms with Crippen molar-refractivity contribution in [2.75, 3.05) is 0 Å². The van der Waals surface area contributed by atoms with Gasteiger partial charge in [-0.1, -0.05) is 24.6 Å². The summed E-state index contributed by atoms with van der Waals surface area (Å²) in [6, 6.07) is 5.24. The summed E-state index contributed by atoms with van der Waals surface area (Å²) in [4.78, 5) is 4.54. The normalized spacial score (nSPS) is 24.5. The van der Waals surface area contributed by atoms with E-state index < -0.39 is 0 Å². The van der Waals surface area contributed by atoms with E-state index in [-0.39, 0.29) is 17.1 Å². The quantitative estimate of drug-likeness (QED) is 0.886. The van der Waals surface area contributed by atoms with Crippen molar-refractivity contribution in [3.8, 4) is 5.75 Å². The standard InChI is InChI=1S/C13H15NO2S2/c15-8-5-6-9-12(7-8)18-13(14-9)17-11-4-2-1-3-10(11)16/h5-7,10-11,15-16H,1-4H2. The molecule has 0 radical (unpaired) electrons. The summed E-state index contributed by atoms with van der Waals surface area (Å²) >= 11 is 3.27. The van der Waals surface area contributed by atoms with Gasteiger partial charge in [0.1, 0.15) is 5.75 Å². The first kappa shape index (κ1) is 12.3. The molecule has 0 saturated heterocycles. The fourth-order valence-corrected chi connectivity index (χ4v) is 4.84. The summed E-state index contributed by atoms with van der Waals surface area (Å²) in [6.07, 6.45) is 4.09. The lowest BCUT2D eigenvalue weighted by Gasteiger charge is -2.25. The average molecular weight is 281 g/mol. The van der Waals surface area contributed by atoms with Crippen LogP contribution in [-0.2, 0) is 0 Å². The molecule has 1 fully saturated rings. The molecule has 1 heterocycles. The van der Waals surface area contributed by atoms with Gasteiger partial charge < -0.3 is 10.2 Å². The van der Waals surface area contributed by atoms with Gasteiger partial charge in [-0.3, -0.25) is 0 Å². The Hall–Kier alpha value is -0.780. The number of fused-ring (bicyclic) bond motifs is 1. The van der Waals surface area contributed by atoms with Gasteiger partial charge in [0, 0.05) is 5.25 Å². The summed E-state index contributed by atoms with van der Waals surface area (Å²) in [7, 11) is 0. The molecular formula is C13H15NO2S2. The molecule has 0 spiro atoms. The second-order valence-corrected chi connectivity index (χ2v) is 7.16. The number of phenols is 1. The molecule has 0 aliphatic heterocycles. The number of hydrogen-bond acceptors (Lipinski definition) is 5. The topological polar surface area (TPSA) is 53.4 Å². The molecule has 18 heavy (non-hydrogen) atoms. The molecule has 0 amide bonds. The number of aliphatic hydroxyl groups excluding tert-OH is 1. The van der Waals surface area contributed by atoms with Crippen LogP contribution in [0.2, 0.25) is 0 Å². The van der Waals surface area contributed by atoms with Crippen molar-refractivity contribution in [2.24, 2.45) is 0 Å². The first-order chi connectivity index (χ1) is 8.72. The maximum Gasteiger partial charge on any atom is 0.151 e. The zero-order chi connectivity index (χ0) is 12.5. The lowest BCUT2D eigenvalue weighted by Crippen LogP contribution is -2.26. The zero-order valence-electron chi connectivity index (χ0n) is 9.87. The summed E-state index contributed by atoms with van der Waals surface area (Å²) in [5, 5.41) is 19.7. The highest BCUT2D eigenvalue weighted by molar-refractivity contribution is 8.01. The molecule has 2 unspecified atom stereocenters. The monoisotopic (exact) mass is 281 g/mol. The number of hydrogen-bond donors (Lipinski definition) is 2. The number of rotatable bonds is 2. The summed E-state index contributed by atoms with van der Waals surface area (Å²) in [5.74, 6) is 0.278. The molecule has 1 aromatic carbocycles. The van der Waals surface area contributed by atoms with Gasteiger partial charge in [0.2, 0.25) is 0 Å². The van der Waals surface area contributed by atoms with Crippen LogP contribution in [0.1, 0.15) is 25.7 Å². The highest BCUT2D eigenvalue weighted by atomic mass is 32.2.